The van der Waals surface area contributed by atoms with Crippen LogP contribution >= 0.6 is 0 Å². The Bertz CT molecular complexity index is 492. The predicted molar refractivity (Wildman–Crippen MR) is 76.4 cm³/mol. The maximum Gasteiger partial charge on any atom is 0.257 e. The molecule has 0 aromatic carbocycles. The fourth-order valence-electron chi connectivity index (χ4n) is 2.53. The van der Waals surface area contributed by atoms with Crippen molar-refractivity contribution >= 4 is 11.7 Å². The van der Waals surface area contributed by atoms with Crippen molar-refractivity contribution in [1.29, 1.82) is 0 Å². The molecule has 1 N–H and O–H groups in total. The molecule has 0 spiro atoms. The SMILES string of the molecule is CNc1ncc(F)cc1C(=O)N1CCCC(N(C)C)C1. The standard InChI is InChI=1S/C14H21FN4O/c1-16-13-12(7-10(15)8-17-13)14(20)19-6-4-5-11(9-19)18(2)3/h7-8,11H,4-6,9H2,1-3H3,(H,16,17). The van der Waals surface area contributed by atoms with Crippen LogP contribution in [0, 0.1) is 5.82 Å². The Labute approximate surface area is 118 Å². The van der Waals surface area contributed by atoms with Crippen LogP contribution in [0.1, 0.15) is 23.2 Å². The fourth-order valence-corrected chi connectivity index (χ4v) is 2.53. The molecule has 1 unspecified atom stereocenters. The first-order valence-electron chi connectivity index (χ1n) is 6.82. The number of rotatable bonds is 3. The van der Waals surface area contributed by atoms with Crippen molar-refractivity contribution in [2.24, 2.45) is 0 Å². The van der Waals surface area contributed by atoms with Crippen LogP contribution < -0.4 is 5.32 Å². The molecule has 0 bridgehead atoms. The number of nitrogens with one attached hydrogen (secondary N) is 1. The molecule has 110 valence electrons. The number of carbonyl (C=O) groups is 1. The van der Waals surface area contributed by atoms with Gasteiger partial charge in [0.05, 0.1) is 11.8 Å². The summed E-state index contributed by atoms with van der Waals surface area (Å²) in [6, 6.07) is 1.60. The largest absolute Gasteiger partial charge is 0.372 e. The zero-order valence-electron chi connectivity index (χ0n) is 12.2. The average Bonchev–Trinajstić information content (AvgIpc) is 2.46. The van der Waals surface area contributed by atoms with Gasteiger partial charge in [-0.05, 0) is 33.0 Å². The minimum Gasteiger partial charge on any atom is -0.372 e. The second-order valence-electron chi connectivity index (χ2n) is 5.31. The minimum absolute atomic E-state index is 0.159. The molecule has 1 aromatic rings. The van der Waals surface area contributed by atoms with Gasteiger partial charge in [0, 0.05) is 26.2 Å². The van der Waals surface area contributed by atoms with Gasteiger partial charge in [-0.1, -0.05) is 0 Å². The maximum absolute atomic E-state index is 13.3. The summed E-state index contributed by atoms with van der Waals surface area (Å²) >= 11 is 0. The Morgan fingerprint density at radius 3 is 2.95 bits per heavy atom. The van der Waals surface area contributed by atoms with Crippen molar-refractivity contribution < 1.29 is 9.18 Å². The molecule has 1 atom stereocenters. The highest BCUT2D eigenvalue weighted by atomic mass is 19.1. The number of nitrogens with zero attached hydrogens (tertiary/aromatic N) is 3. The summed E-state index contributed by atoms with van der Waals surface area (Å²) in [6.45, 7) is 1.38. The summed E-state index contributed by atoms with van der Waals surface area (Å²) in [5, 5.41) is 2.84. The van der Waals surface area contributed by atoms with Crippen LogP contribution in [0.5, 0.6) is 0 Å². The van der Waals surface area contributed by atoms with Crippen LogP contribution in [0.2, 0.25) is 0 Å². The highest BCUT2D eigenvalue weighted by Gasteiger charge is 2.27. The number of pyridine rings is 1. The molecule has 0 radical (unpaired) electrons. The van der Waals surface area contributed by atoms with E-state index in [4.69, 9.17) is 0 Å². The molecule has 2 heterocycles. The van der Waals surface area contributed by atoms with Gasteiger partial charge in [0.15, 0.2) is 0 Å². The van der Waals surface area contributed by atoms with Crippen LogP contribution in [0.15, 0.2) is 12.3 Å². The van der Waals surface area contributed by atoms with Gasteiger partial charge in [0.2, 0.25) is 0 Å². The fraction of sp³-hybridized carbons (Fsp3) is 0.571. The van der Waals surface area contributed by atoms with Gasteiger partial charge in [-0.2, -0.15) is 0 Å². The van der Waals surface area contributed by atoms with E-state index < -0.39 is 5.82 Å². The number of aromatic nitrogens is 1. The summed E-state index contributed by atoms with van der Waals surface area (Å²) in [7, 11) is 5.71. The Morgan fingerprint density at radius 2 is 2.30 bits per heavy atom. The third-order valence-corrected chi connectivity index (χ3v) is 3.74. The molecule has 1 amide bonds. The third-order valence-electron chi connectivity index (χ3n) is 3.74. The molecule has 0 aliphatic carbocycles. The van der Waals surface area contributed by atoms with Gasteiger partial charge in [-0.15, -0.1) is 0 Å². The molecule has 1 saturated heterocycles. The highest BCUT2D eigenvalue weighted by Crippen LogP contribution is 2.20. The molecule has 1 aromatic heterocycles. The van der Waals surface area contributed by atoms with Crippen molar-refractivity contribution in [3.63, 3.8) is 0 Å². The first-order valence-corrected chi connectivity index (χ1v) is 6.82. The lowest BCUT2D eigenvalue weighted by Gasteiger charge is -2.36. The van der Waals surface area contributed by atoms with E-state index in [1.165, 1.54) is 6.07 Å². The second-order valence-corrected chi connectivity index (χ2v) is 5.31. The lowest BCUT2D eigenvalue weighted by atomic mass is 10.0. The second kappa shape index (κ2) is 6.17. The monoisotopic (exact) mass is 280 g/mol. The summed E-state index contributed by atoms with van der Waals surface area (Å²) in [5.41, 5.74) is 0.298. The van der Waals surface area contributed by atoms with Crippen molar-refractivity contribution in [2.75, 3.05) is 39.5 Å². The zero-order chi connectivity index (χ0) is 14.7. The van der Waals surface area contributed by atoms with Crippen LogP contribution in [0.3, 0.4) is 0 Å². The first kappa shape index (κ1) is 14.7. The molecule has 1 aliphatic heterocycles. The molecule has 0 saturated carbocycles. The van der Waals surface area contributed by atoms with Gasteiger partial charge >= 0.3 is 0 Å². The highest BCUT2D eigenvalue weighted by molar-refractivity contribution is 5.98. The molecule has 6 heteroatoms. The molecule has 20 heavy (non-hydrogen) atoms. The Balaban J connectivity index is 2.20. The van der Waals surface area contributed by atoms with Gasteiger partial charge in [0.1, 0.15) is 11.6 Å². The Kier molecular flexibility index (Phi) is 4.54. The zero-order valence-corrected chi connectivity index (χ0v) is 12.2. The van der Waals surface area contributed by atoms with Gasteiger partial charge in [-0.25, -0.2) is 9.37 Å². The molecule has 2 rings (SSSR count). The Morgan fingerprint density at radius 1 is 1.55 bits per heavy atom. The number of anilines is 1. The summed E-state index contributed by atoms with van der Waals surface area (Å²) in [4.78, 5) is 20.4. The number of likely N-dealkylation sites (N-methyl/N-ethyl adjacent to an activating group) is 1. The molecular formula is C14H21FN4O. The van der Waals surface area contributed by atoms with Crippen LogP contribution in [0.4, 0.5) is 10.2 Å². The number of likely N-dealkylation sites (tertiary alicyclic amines) is 1. The normalized spacial score (nSPS) is 19.2. The third kappa shape index (κ3) is 3.07. The number of halogens is 1. The van der Waals surface area contributed by atoms with Crippen LogP contribution in [0.25, 0.3) is 0 Å². The van der Waals surface area contributed by atoms with Gasteiger partial charge < -0.3 is 15.1 Å². The number of amides is 1. The summed E-state index contributed by atoms with van der Waals surface area (Å²) in [5.74, 6) is -0.232. The average molecular weight is 280 g/mol. The quantitative estimate of drug-likeness (QED) is 0.910. The van der Waals surface area contributed by atoms with E-state index in [1.54, 1.807) is 11.9 Å². The lowest BCUT2D eigenvalue weighted by Crippen LogP contribution is -2.47. The topological polar surface area (TPSA) is 48.5 Å². The molecule has 5 nitrogen and oxygen atoms in total. The van der Waals surface area contributed by atoms with E-state index in [0.717, 1.165) is 19.0 Å². The van der Waals surface area contributed by atoms with Crippen LogP contribution in [-0.4, -0.2) is 61.0 Å². The smallest absolute Gasteiger partial charge is 0.257 e. The number of hydrogen-bond acceptors (Lipinski definition) is 4. The van der Waals surface area contributed by atoms with Gasteiger partial charge in [-0.3, -0.25) is 4.79 Å². The van der Waals surface area contributed by atoms with E-state index in [1.807, 2.05) is 14.1 Å². The molecular weight excluding hydrogens is 259 g/mol. The summed E-state index contributed by atoms with van der Waals surface area (Å²) < 4.78 is 13.3. The number of hydrogen-bond donors (Lipinski definition) is 1. The first-order chi connectivity index (χ1) is 9.52. The molecule has 1 aliphatic rings. The Hall–Kier alpha value is -1.69. The van der Waals surface area contributed by atoms with E-state index in [-0.39, 0.29) is 5.91 Å². The number of piperidine rings is 1. The van der Waals surface area contributed by atoms with E-state index in [9.17, 15) is 9.18 Å². The van der Waals surface area contributed by atoms with Crippen molar-refractivity contribution in [2.45, 2.75) is 18.9 Å². The van der Waals surface area contributed by atoms with E-state index >= 15 is 0 Å². The minimum atomic E-state index is -0.492. The summed E-state index contributed by atoms with van der Waals surface area (Å²) in [6.07, 6.45) is 3.16. The predicted octanol–water partition coefficient (Wildman–Crippen LogP) is 1.43. The maximum atomic E-state index is 13.3. The molecule has 1 fully saturated rings. The number of carbonyl (C=O) groups excluding carboxylic acids is 1. The van der Waals surface area contributed by atoms with Crippen molar-refractivity contribution in [1.82, 2.24) is 14.8 Å². The van der Waals surface area contributed by atoms with Crippen molar-refractivity contribution in [3.8, 4) is 0 Å². The van der Waals surface area contributed by atoms with Crippen molar-refractivity contribution in [3.05, 3.63) is 23.6 Å². The van der Waals surface area contributed by atoms with Gasteiger partial charge in [0.25, 0.3) is 5.91 Å². The lowest BCUT2D eigenvalue weighted by molar-refractivity contribution is 0.0635. The van der Waals surface area contributed by atoms with E-state index in [0.29, 0.717) is 30.5 Å². The van der Waals surface area contributed by atoms with Crippen LogP contribution in [-0.2, 0) is 0 Å². The van der Waals surface area contributed by atoms with E-state index in [2.05, 4.69) is 15.2 Å².